The van der Waals surface area contributed by atoms with E-state index in [1.54, 1.807) is 11.8 Å². The van der Waals surface area contributed by atoms with Crippen LogP contribution in [0.2, 0.25) is 0 Å². The number of amides is 1. The second-order valence-corrected chi connectivity index (χ2v) is 5.74. The normalized spacial score (nSPS) is 28.5. The highest BCUT2D eigenvalue weighted by molar-refractivity contribution is 5.90. The van der Waals surface area contributed by atoms with Crippen LogP contribution in [0.5, 0.6) is 0 Å². The minimum Gasteiger partial charge on any atom is -0.480 e. The van der Waals surface area contributed by atoms with Gasteiger partial charge in [0.15, 0.2) is 0 Å². The molecule has 1 saturated heterocycles. The number of carbonyl (C=O) groups is 2. The Bertz CT molecular complexity index is 558. The lowest BCUT2D eigenvalue weighted by atomic mass is 9.94. The van der Waals surface area contributed by atoms with Gasteiger partial charge in [0, 0.05) is 13.5 Å². The van der Waals surface area contributed by atoms with Crippen LogP contribution in [0, 0.1) is 18.8 Å². The fourth-order valence-electron chi connectivity index (χ4n) is 3.59. The number of aromatic nitrogens is 2. The summed E-state index contributed by atoms with van der Waals surface area (Å²) in [6, 6.07) is -0.517. The molecule has 1 aliphatic carbocycles. The summed E-state index contributed by atoms with van der Waals surface area (Å²) in [5.74, 6) is -0.245. The highest BCUT2D eigenvalue weighted by atomic mass is 16.4. The van der Waals surface area contributed by atoms with Crippen LogP contribution in [0.25, 0.3) is 0 Å². The molecule has 2 aliphatic rings. The van der Waals surface area contributed by atoms with E-state index < -0.39 is 12.0 Å². The predicted octanol–water partition coefficient (Wildman–Crippen LogP) is 0.502. The van der Waals surface area contributed by atoms with Crippen LogP contribution in [0.1, 0.15) is 25.2 Å². The van der Waals surface area contributed by atoms with Gasteiger partial charge in [-0.15, -0.1) is 5.10 Å². The highest BCUT2D eigenvalue weighted by Gasteiger charge is 2.48. The summed E-state index contributed by atoms with van der Waals surface area (Å²) in [7, 11) is 0. The molecular weight excluding hydrogens is 276 g/mol. The Kier molecular flexibility index (Phi) is 3.62. The monoisotopic (exact) mass is 294 g/mol. The zero-order chi connectivity index (χ0) is 15.0. The summed E-state index contributed by atoms with van der Waals surface area (Å²) in [5.41, 5.74) is 0. The van der Waals surface area contributed by atoms with E-state index in [1.165, 1.54) is 0 Å². The average Bonchev–Trinajstić information content (AvgIpc) is 3.04. The molecule has 0 bridgehead atoms. The Labute approximate surface area is 121 Å². The predicted molar refractivity (Wildman–Crippen MR) is 71.5 cm³/mol. The maximum Gasteiger partial charge on any atom is 0.322 e. The second-order valence-electron chi connectivity index (χ2n) is 5.74. The molecule has 114 valence electrons. The number of aryl methyl sites for hydroxylation is 1. The van der Waals surface area contributed by atoms with Gasteiger partial charge in [0.1, 0.15) is 6.04 Å². The number of carboxylic acids is 1. The molecule has 0 aromatic carbocycles. The quantitative estimate of drug-likeness (QED) is 0.832. The van der Waals surface area contributed by atoms with Crippen LogP contribution in [-0.4, -0.2) is 51.2 Å². The maximum atomic E-state index is 12.0. The number of aliphatic carboxylic acids is 1. The van der Waals surface area contributed by atoms with Gasteiger partial charge in [0.2, 0.25) is 11.8 Å². The van der Waals surface area contributed by atoms with E-state index in [9.17, 15) is 14.7 Å². The lowest BCUT2D eigenvalue weighted by Crippen LogP contribution is -2.43. The lowest BCUT2D eigenvalue weighted by molar-refractivity contribution is -0.143. The summed E-state index contributed by atoms with van der Waals surface area (Å²) >= 11 is 0. The van der Waals surface area contributed by atoms with Crippen molar-refractivity contribution in [2.24, 2.45) is 11.8 Å². The molecule has 2 N–H and O–H groups in total. The first kappa shape index (κ1) is 14.0. The number of carboxylic acid groups (broad SMARTS) is 1. The molecule has 3 atom stereocenters. The van der Waals surface area contributed by atoms with Crippen LogP contribution in [0.15, 0.2) is 4.42 Å². The van der Waals surface area contributed by atoms with Crippen molar-refractivity contribution in [1.29, 1.82) is 0 Å². The Balaban J connectivity index is 1.63. The van der Waals surface area contributed by atoms with Crippen LogP contribution >= 0.6 is 0 Å². The number of rotatable bonds is 4. The first-order valence-corrected chi connectivity index (χ1v) is 7.11. The van der Waals surface area contributed by atoms with Gasteiger partial charge in [-0.2, -0.15) is 0 Å². The first-order chi connectivity index (χ1) is 10.0. The van der Waals surface area contributed by atoms with Crippen molar-refractivity contribution < 1.29 is 19.1 Å². The molecule has 1 aromatic heterocycles. The van der Waals surface area contributed by atoms with Crippen molar-refractivity contribution in [3.8, 4) is 0 Å². The van der Waals surface area contributed by atoms with Crippen molar-refractivity contribution in [2.75, 3.05) is 18.4 Å². The van der Waals surface area contributed by atoms with Crippen LogP contribution in [0.3, 0.4) is 0 Å². The number of nitrogens with zero attached hydrogens (tertiary/aromatic N) is 3. The fourth-order valence-corrected chi connectivity index (χ4v) is 3.59. The maximum absolute atomic E-state index is 12.0. The number of hydrogen-bond donors (Lipinski definition) is 2. The van der Waals surface area contributed by atoms with Crippen molar-refractivity contribution in [2.45, 2.75) is 32.2 Å². The summed E-state index contributed by atoms with van der Waals surface area (Å²) < 4.78 is 5.08. The van der Waals surface area contributed by atoms with Crippen molar-refractivity contribution in [3.05, 3.63) is 5.89 Å². The summed E-state index contributed by atoms with van der Waals surface area (Å²) in [6.07, 6.45) is 3.07. The van der Waals surface area contributed by atoms with Gasteiger partial charge in [-0.25, -0.2) is 0 Å². The number of carbonyl (C=O) groups excluding carboxylic acids is 1. The van der Waals surface area contributed by atoms with E-state index in [4.69, 9.17) is 4.42 Å². The molecule has 21 heavy (non-hydrogen) atoms. The van der Waals surface area contributed by atoms with Gasteiger partial charge >= 0.3 is 12.0 Å². The zero-order valence-electron chi connectivity index (χ0n) is 11.8. The largest absolute Gasteiger partial charge is 0.480 e. The Morgan fingerprint density at radius 1 is 1.43 bits per heavy atom. The van der Waals surface area contributed by atoms with Gasteiger partial charge in [-0.05, 0) is 24.7 Å². The molecule has 2 heterocycles. The van der Waals surface area contributed by atoms with Crippen LogP contribution in [-0.2, 0) is 9.59 Å². The van der Waals surface area contributed by atoms with E-state index in [0.29, 0.717) is 18.4 Å². The third kappa shape index (κ3) is 2.76. The number of hydrogen-bond acceptors (Lipinski definition) is 6. The number of nitrogens with one attached hydrogen (secondary N) is 1. The smallest absolute Gasteiger partial charge is 0.322 e. The third-order valence-electron chi connectivity index (χ3n) is 4.36. The molecule has 8 nitrogen and oxygen atoms in total. The molecule has 3 unspecified atom stereocenters. The number of likely N-dealkylation sites (tertiary alicyclic amines) is 1. The van der Waals surface area contributed by atoms with E-state index in [-0.39, 0.29) is 24.4 Å². The van der Waals surface area contributed by atoms with Gasteiger partial charge in [-0.1, -0.05) is 11.5 Å². The number of fused-ring (bicyclic) bond motifs is 1. The van der Waals surface area contributed by atoms with Crippen molar-refractivity contribution in [3.63, 3.8) is 0 Å². The molecule has 1 aromatic rings. The molecule has 1 aliphatic heterocycles. The van der Waals surface area contributed by atoms with Crippen molar-refractivity contribution in [1.82, 2.24) is 15.1 Å². The molecule has 3 rings (SSSR count). The highest BCUT2D eigenvalue weighted by Crippen LogP contribution is 2.42. The topological polar surface area (TPSA) is 109 Å². The fraction of sp³-hybridized carbons (Fsp3) is 0.692. The Hall–Kier alpha value is -1.96. The lowest BCUT2D eigenvalue weighted by Gasteiger charge is -2.23. The summed E-state index contributed by atoms with van der Waals surface area (Å²) in [4.78, 5) is 25.2. The molecule has 0 radical (unpaired) electrons. The van der Waals surface area contributed by atoms with E-state index >= 15 is 0 Å². The summed E-state index contributed by atoms with van der Waals surface area (Å²) in [5, 5.41) is 19.2. The Morgan fingerprint density at radius 3 is 2.90 bits per heavy atom. The number of anilines is 1. The minimum absolute atomic E-state index is 0.0331. The second kappa shape index (κ2) is 5.44. The molecule has 1 amide bonds. The standard InChI is InChI=1S/C13H18N4O4/c1-7-15-16-13(21-7)14-10(18)6-17-5-8-3-2-4-9(8)11(17)12(19)20/h8-9,11H,2-6H2,1H3,(H,19,20)(H,14,16,18). The molecule has 8 heteroatoms. The third-order valence-corrected chi connectivity index (χ3v) is 4.36. The van der Waals surface area contributed by atoms with Crippen molar-refractivity contribution >= 4 is 17.9 Å². The van der Waals surface area contributed by atoms with E-state index in [2.05, 4.69) is 15.5 Å². The summed E-state index contributed by atoms with van der Waals surface area (Å²) in [6.45, 7) is 2.33. The average molecular weight is 294 g/mol. The minimum atomic E-state index is -0.842. The molecule has 2 fully saturated rings. The zero-order valence-corrected chi connectivity index (χ0v) is 11.8. The van der Waals surface area contributed by atoms with Gasteiger partial charge < -0.3 is 9.52 Å². The first-order valence-electron chi connectivity index (χ1n) is 7.11. The van der Waals surface area contributed by atoms with E-state index in [0.717, 1.165) is 19.3 Å². The molecular formula is C13H18N4O4. The molecule has 1 saturated carbocycles. The van der Waals surface area contributed by atoms with Crippen LogP contribution < -0.4 is 5.32 Å². The van der Waals surface area contributed by atoms with E-state index in [1.807, 2.05) is 0 Å². The molecule has 0 spiro atoms. The SMILES string of the molecule is Cc1nnc(NC(=O)CN2CC3CCCC3C2C(=O)O)o1. The Morgan fingerprint density at radius 2 is 2.24 bits per heavy atom. The van der Waals surface area contributed by atoms with Crippen LogP contribution in [0.4, 0.5) is 6.01 Å². The van der Waals surface area contributed by atoms with Gasteiger partial charge in [-0.3, -0.25) is 19.8 Å². The van der Waals surface area contributed by atoms with Gasteiger partial charge in [0.25, 0.3) is 0 Å². The van der Waals surface area contributed by atoms with Gasteiger partial charge in [0.05, 0.1) is 6.54 Å².